The Hall–Kier alpha value is -3.49. The van der Waals surface area contributed by atoms with Gasteiger partial charge < -0.3 is 5.73 Å². The number of nitrogens with zero attached hydrogens (tertiary/aromatic N) is 4. The lowest BCUT2D eigenvalue weighted by Gasteiger charge is -2.21. The molecule has 1 spiro atoms. The van der Waals surface area contributed by atoms with Crippen LogP contribution >= 0.6 is 12.4 Å². The summed E-state index contributed by atoms with van der Waals surface area (Å²) in [7, 11) is 1.85. The molecular weight excluding hydrogens is 440 g/mol. The van der Waals surface area contributed by atoms with Crippen molar-refractivity contribution in [2.45, 2.75) is 31.7 Å². The van der Waals surface area contributed by atoms with Crippen molar-refractivity contribution in [1.29, 1.82) is 0 Å². The van der Waals surface area contributed by atoms with E-state index in [2.05, 4.69) is 21.4 Å². The van der Waals surface area contributed by atoms with Crippen molar-refractivity contribution in [3.8, 4) is 11.1 Å². The Labute approximate surface area is 195 Å². The number of amides is 1. The minimum Gasteiger partial charge on any atom is -0.325 e. The number of fused-ring (bicyclic) bond motifs is 3. The second-order valence-electron chi connectivity index (χ2n) is 8.66. The topological polar surface area (TPSA) is 110 Å². The van der Waals surface area contributed by atoms with Crippen molar-refractivity contribution < 1.29 is 4.79 Å². The molecule has 2 aromatic heterocycles. The molecule has 0 atom stereocenters. The monoisotopic (exact) mass is 462 g/mol. The highest BCUT2D eigenvalue weighted by atomic mass is 35.5. The summed E-state index contributed by atoms with van der Waals surface area (Å²) in [6.45, 7) is 2.24. The fourth-order valence-corrected chi connectivity index (χ4v) is 5.03. The molecule has 2 aliphatic rings. The van der Waals surface area contributed by atoms with E-state index < -0.39 is 5.41 Å². The summed E-state index contributed by atoms with van der Waals surface area (Å²) in [6.07, 6.45) is 3.51. The van der Waals surface area contributed by atoms with Crippen molar-refractivity contribution >= 4 is 40.6 Å². The molecule has 0 radical (unpaired) electrons. The van der Waals surface area contributed by atoms with Crippen LogP contribution in [0.2, 0.25) is 0 Å². The minimum absolute atomic E-state index is 0. The molecule has 0 bridgehead atoms. The maximum Gasteiger partial charge on any atom is 0.272 e. The fourth-order valence-electron chi connectivity index (χ4n) is 5.03. The number of nitrogens with two attached hydrogens (primary N) is 1. The molecule has 1 amide bonds. The first kappa shape index (κ1) is 21.4. The van der Waals surface area contributed by atoms with Crippen LogP contribution in [0.5, 0.6) is 0 Å². The van der Waals surface area contributed by atoms with Crippen LogP contribution in [0.3, 0.4) is 0 Å². The zero-order chi connectivity index (χ0) is 22.2. The number of anilines is 2. The molecule has 2 aromatic carbocycles. The molecule has 1 fully saturated rings. The minimum atomic E-state index is -0.407. The van der Waals surface area contributed by atoms with E-state index >= 15 is 0 Å². The maximum atomic E-state index is 13.7. The second-order valence-corrected chi connectivity index (χ2v) is 8.66. The SMILES string of the molecule is Cc1cccc2c1N(c1c(-c3ccc4c(=O)[nH]nc(CN)c4c3)cnn1C)C(=O)C21CC1.Cl. The lowest BCUT2D eigenvalue weighted by molar-refractivity contribution is -0.119. The van der Waals surface area contributed by atoms with E-state index in [0.29, 0.717) is 16.5 Å². The summed E-state index contributed by atoms with van der Waals surface area (Å²) in [4.78, 5) is 27.8. The summed E-state index contributed by atoms with van der Waals surface area (Å²) < 4.78 is 1.74. The summed E-state index contributed by atoms with van der Waals surface area (Å²) in [5.74, 6) is 0.828. The molecule has 9 heteroatoms. The van der Waals surface area contributed by atoms with Gasteiger partial charge in [-0.05, 0) is 48.6 Å². The van der Waals surface area contributed by atoms with Crippen LogP contribution in [-0.2, 0) is 23.8 Å². The van der Waals surface area contributed by atoms with E-state index in [1.807, 2.05) is 43.1 Å². The fraction of sp³-hybridized carbons (Fsp3) is 0.250. The van der Waals surface area contributed by atoms with Crippen LogP contribution in [0, 0.1) is 6.92 Å². The average molecular weight is 463 g/mol. The number of para-hydroxylation sites is 1. The molecular formula is C24H23ClN6O2. The Bertz CT molecular complexity index is 1500. The predicted octanol–water partition coefficient (Wildman–Crippen LogP) is 3.22. The Morgan fingerprint density at radius 1 is 1.15 bits per heavy atom. The highest BCUT2D eigenvalue weighted by molar-refractivity contribution is 6.16. The quantitative estimate of drug-likeness (QED) is 0.485. The zero-order valence-electron chi connectivity index (χ0n) is 18.3. The molecule has 6 rings (SSSR count). The van der Waals surface area contributed by atoms with Crippen molar-refractivity contribution in [3.05, 3.63) is 69.8 Å². The number of aromatic nitrogens is 4. The largest absolute Gasteiger partial charge is 0.325 e. The van der Waals surface area contributed by atoms with E-state index in [1.54, 1.807) is 16.9 Å². The lowest BCUT2D eigenvalue weighted by Crippen LogP contribution is -2.30. The predicted molar refractivity (Wildman–Crippen MR) is 129 cm³/mol. The molecule has 1 saturated carbocycles. The number of carbonyl (C=O) groups excluding carboxylic acids is 1. The van der Waals surface area contributed by atoms with Crippen LogP contribution in [0.4, 0.5) is 11.5 Å². The van der Waals surface area contributed by atoms with Crippen LogP contribution in [-0.4, -0.2) is 25.9 Å². The first-order valence-electron chi connectivity index (χ1n) is 10.6. The number of H-pyrrole nitrogens is 1. The number of rotatable bonds is 3. The summed E-state index contributed by atoms with van der Waals surface area (Å²) in [5, 5.41) is 12.3. The molecule has 1 aliphatic heterocycles. The molecule has 33 heavy (non-hydrogen) atoms. The Balaban J connectivity index is 0.00000228. The molecule has 8 nitrogen and oxygen atoms in total. The third-order valence-corrected chi connectivity index (χ3v) is 6.83. The van der Waals surface area contributed by atoms with E-state index in [0.717, 1.165) is 46.6 Å². The highest BCUT2D eigenvalue weighted by Crippen LogP contribution is 2.60. The van der Waals surface area contributed by atoms with Gasteiger partial charge in [0.1, 0.15) is 5.82 Å². The summed E-state index contributed by atoms with van der Waals surface area (Å²) in [6, 6.07) is 11.7. The van der Waals surface area contributed by atoms with Gasteiger partial charge in [-0.1, -0.05) is 24.3 Å². The molecule has 3 heterocycles. The van der Waals surface area contributed by atoms with Crippen molar-refractivity contribution in [2.75, 3.05) is 4.90 Å². The standard InChI is InChI=1S/C24H22N6O2.ClH/c1-13-4-3-5-18-20(13)30(23(32)24(18)8-9-24)22-17(12-26-29(22)2)14-6-7-15-16(10-14)19(11-25)27-28-21(15)31;/h3-7,10,12H,8-9,11,25H2,1-2H3,(H,28,31);1H. The number of benzene rings is 2. The molecule has 3 N–H and O–H groups in total. The van der Waals surface area contributed by atoms with E-state index in [1.165, 1.54) is 0 Å². The van der Waals surface area contributed by atoms with E-state index in [4.69, 9.17) is 5.73 Å². The maximum absolute atomic E-state index is 13.7. The Kier molecular flexibility index (Phi) is 4.70. The van der Waals surface area contributed by atoms with Crippen LogP contribution < -0.4 is 16.2 Å². The third kappa shape index (κ3) is 2.81. The lowest BCUT2D eigenvalue weighted by atomic mass is 9.96. The van der Waals surface area contributed by atoms with Gasteiger partial charge >= 0.3 is 0 Å². The number of nitrogens with one attached hydrogen (secondary N) is 1. The zero-order valence-corrected chi connectivity index (χ0v) is 19.1. The number of aromatic amines is 1. The van der Waals surface area contributed by atoms with Gasteiger partial charge in [0.15, 0.2) is 0 Å². The summed E-state index contributed by atoms with van der Waals surface area (Å²) in [5.41, 5.74) is 10.6. The molecule has 168 valence electrons. The second kappa shape index (κ2) is 7.26. The summed E-state index contributed by atoms with van der Waals surface area (Å²) >= 11 is 0. The van der Waals surface area contributed by atoms with Crippen LogP contribution in [0.25, 0.3) is 21.9 Å². The number of carbonyl (C=O) groups is 1. The number of aryl methyl sites for hydroxylation is 2. The first-order valence-corrected chi connectivity index (χ1v) is 10.6. The van der Waals surface area contributed by atoms with E-state index in [9.17, 15) is 9.59 Å². The van der Waals surface area contributed by atoms with Gasteiger partial charge in [0.05, 0.1) is 28.4 Å². The highest BCUT2D eigenvalue weighted by Gasteiger charge is 2.60. The Morgan fingerprint density at radius 3 is 2.67 bits per heavy atom. The van der Waals surface area contributed by atoms with E-state index in [-0.39, 0.29) is 30.4 Å². The van der Waals surface area contributed by atoms with Crippen molar-refractivity contribution in [2.24, 2.45) is 12.8 Å². The van der Waals surface area contributed by atoms with Gasteiger partial charge in [0.2, 0.25) is 5.91 Å². The Morgan fingerprint density at radius 2 is 1.94 bits per heavy atom. The number of hydrogen-bond acceptors (Lipinski definition) is 5. The number of hydrogen-bond donors (Lipinski definition) is 2. The van der Waals surface area contributed by atoms with Gasteiger partial charge in [0, 0.05) is 24.5 Å². The van der Waals surface area contributed by atoms with Crippen molar-refractivity contribution in [1.82, 2.24) is 20.0 Å². The molecule has 4 aromatic rings. The van der Waals surface area contributed by atoms with Gasteiger partial charge in [-0.15, -0.1) is 12.4 Å². The van der Waals surface area contributed by atoms with Gasteiger partial charge in [-0.2, -0.15) is 10.2 Å². The van der Waals surface area contributed by atoms with Gasteiger partial charge in [-0.3, -0.25) is 19.2 Å². The van der Waals surface area contributed by atoms with Gasteiger partial charge in [-0.25, -0.2) is 5.10 Å². The third-order valence-electron chi connectivity index (χ3n) is 6.83. The van der Waals surface area contributed by atoms with Crippen LogP contribution in [0.1, 0.15) is 29.7 Å². The molecule has 0 saturated heterocycles. The molecule has 0 unspecified atom stereocenters. The van der Waals surface area contributed by atoms with Gasteiger partial charge in [0.25, 0.3) is 5.56 Å². The average Bonchev–Trinajstić information content (AvgIpc) is 3.46. The normalized spacial score (nSPS) is 15.7. The first-order chi connectivity index (χ1) is 15.5. The van der Waals surface area contributed by atoms with Crippen LogP contribution in [0.15, 0.2) is 47.4 Å². The van der Waals surface area contributed by atoms with Crippen molar-refractivity contribution in [3.63, 3.8) is 0 Å². The smallest absolute Gasteiger partial charge is 0.272 e. The number of halogens is 1. The molecule has 1 aliphatic carbocycles.